The molecule has 18 heavy (non-hydrogen) atoms. The minimum Gasteiger partial charge on any atom is -0.381 e. The zero-order chi connectivity index (χ0) is 13.0. The third kappa shape index (κ3) is 3.23. The first-order valence-corrected chi connectivity index (χ1v) is 8.45. The van der Waals surface area contributed by atoms with Crippen molar-refractivity contribution in [2.75, 3.05) is 32.8 Å². The lowest BCUT2D eigenvalue weighted by atomic mass is 10.1. The van der Waals surface area contributed by atoms with Gasteiger partial charge in [0.25, 0.3) is 0 Å². The molecule has 2 aliphatic heterocycles. The molecule has 0 atom stereocenters. The van der Waals surface area contributed by atoms with Crippen molar-refractivity contribution in [3.63, 3.8) is 0 Å². The van der Waals surface area contributed by atoms with Gasteiger partial charge in [0.2, 0.25) is 10.0 Å². The van der Waals surface area contributed by atoms with Crippen molar-refractivity contribution in [2.45, 2.75) is 43.9 Å². The predicted molar refractivity (Wildman–Crippen MR) is 71.0 cm³/mol. The fourth-order valence-electron chi connectivity index (χ4n) is 2.79. The molecule has 0 bridgehead atoms. The number of sulfonamides is 1. The minimum atomic E-state index is -3.10. The van der Waals surface area contributed by atoms with Crippen molar-refractivity contribution in [3.05, 3.63) is 0 Å². The zero-order valence-electron chi connectivity index (χ0n) is 11.1. The molecule has 0 amide bonds. The molecule has 0 saturated carbocycles. The van der Waals surface area contributed by atoms with Gasteiger partial charge in [-0.15, -0.1) is 0 Å². The summed E-state index contributed by atoms with van der Waals surface area (Å²) in [6.45, 7) is 5.53. The topological polar surface area (TPSA) is 58.6 Å². The van der Waals surface area contributed by atoms with E-state index < -0.39 is 10.0 Å². The lowest BCUT2D eigenvalue weighted by molar-refractivity contribution is 0.0969. The molecule has 0 aromatic heterocycles. The van der Waals surface area contributed by atoms with Crippen molar-refractivity contribution in [1.29, 1.82) is 0 Å². The van der Waals surface area contributed by atoms with Crippen LogP contribution < -0.4 is 5.32 Å². The highest BCUT2D eigenvalue weighted by Crippen LogP contribution is 2.23. The SMILES string of the molecule is CCNC1CCN(S(=O)(=O)C2CCOCC2)CC1. The fraction of sp³-hybridized carbons (Fsp3) is 1.00. The fourth-order valence-corrected chi connectivity index (χ4v) is 4.72. The first-order chi connectivity index (χ1) is 8.64. The number of rotatable bonds is 4. The molecule has 6 heteroatoms. The molecule has 0 aromatic carbocycles. The summed E-state index contributed by atoms with van der Waals surface area (Å²) in [4.78, 5) is 0. The lowest BCUT2D eigenvalue weighted by Crippen LogP contribution is -2.48. The second-order valence-electron chi connectivity index (χ2n) is 5.09. The molecule has 2 heterocycles. The highest BCUT2D eigenvalue weighted by molar-refractivity contribution is 7.89. The molecule has 0 aromatic rings. The molecule has 0 aliphatic carbocycles. The maximum absolute atomic E-state index is 12.5. The van der Waals surface area contributed by atoms with Crippen LogP contribution >= 0.6 is 0 Å². The maximum Gasteiger partial charge on any atom is 0.217 e. The third-order valence-corrected chi connectivity index (χ3v) is 6.29. The van der Waals surface area contributed by atoms with Crippen molar-refractivity contribution < 1.29 is 13.2 Å². The van der Waals surface area contributed by atoms with Crippen LogP contribution in [-0.4, -0.2) is 56.9 Å². The highest BCUT2D eigenvalue weighted by atomic mass is 32.2. The van der Waals surface area contributed by atoms with E-state index >= 15 is 0 Å². The molecular formula is C12H24N2O3S. The van der Waals surface area contributed by atoms with E-state index in [1.54, 1.807) is 4.31 Å². The predicted octanol–water partition coefficient (Wildman–Crippen LogP) is 0.569. The number of nitrogens with one attached hydrogen (secondary N) is 1. The van der Waals surface area contributed by atoms with Gasteiger partial charge in [-0.1, -0.05) is 6.92 Å². The van der Waals surface area contributed by atoms with Crippen LogP contribution in [0, 0.1) is 0 Å². The Balaban J connectivity index is 1.91. The molecule has 5 nitrogen and oxygen atoms in total. The Bertz CT molecular complexity index is 344. The van der Waals surface area contributed by atoms with Crippen molar-refractivity contribution in [2.24, 2.45) is 0 Å². The van der Waals surface area contributed by atoms with Gasteiger partial charge < -0.3 is 10.1 Å². The monoisotopic (exact) mass is 276 g/mol. The van der Waals surface area contributed by atoms with Crippen LogP contribution in [0.5, 0.6) is 0 Å². The van der Waals surface area contributed by atoms with E-state index in [-0.39, 0.29) is 5.25 Å². The van der Waals surface area contributed by atoms with Crippen LogP contribution in [-0.2, 0) is 14.8 Å². The molecule has 2 saturated heterocycles. The Morgan fingerprint density at radius 2 is 1.78 bits per heavy atom. The van der Waals surface area contributed by atoms with E-state index in [9.17, 15) is 8.42 Å². The smallest absolute Gasteiger partial charge is 0.217 e. The summed E-state index contributed by atoms with van der Waals surface area (Å²) in [6, 6.07) is 0.483. The van der Waals surface area contributed by atoms with Gasteiger partial charge in [-0.05, 0) is 32.2 Å². The summed E-state index contributed by atoms with van der Waals surface area (Å²) in [6.07, 6.45) is 3.15. The molecule has 2 fully saturated rings. The molecule has 2 aliphatic rings. The van der Waals surface area contributed by atoms with Crippen LogP contribution in [0.2, 0.25) is 0 Å². The summed E-state index contributed by atoms with van der Waals surface area (Å²) in [5.74, 6) is 0. The Kier molecular flexibility index (Phi) is 5.00. The van der Waals surface area contributed by atoms with Crippen LogP contribution in [0.25, 0.3) is 0 Å². The van der Waals surface area contributed by atoms with Crippen molar-refractivity contribution in [3.8, 4) is 0 Å². The summed E-state index contributed by atoms with van der Waals surface area (Å²) in [7, 11) is -3.10. The summed E-state index contributed by atoms with van der Waals surface area (Å²) in [5.41, 5.74) is 0. The van der Waals surface area contributed by atoms with Crippen LogP contribution in [0.1, 0.15) is 32.6 Å². The summed E-state index contributed by atoms with van der Waals surface area (Å²) in [5, 5.41) is 3.17. The molecule has 0 radical (unpaired) electrons. The van der Waals surface area contributed by atoms with Gasteiger partial charge in [0.15, 0.2) is 0 Å². The summed E-state index contributed by atoms with van der Waals surface area (Å²) >= 11 is 0. The third-order valence-electron chi connectivity index (χ3n) is 3.90. The zero-order valence-corrected chi connectivity index (χ0v) is 11.9. The molecular weight excluding hydrogens is 252 g/mol. The van der Waals surface area contributed by atoms with E-state index in [4.69, 9.17) is 4.74 Å². The van der Waals surface area contributed by atoms with Gasteiger partial charge >= 0.3 is 0 Å². The maximum atomic E-state index is 12.5. The van der Waals surface area contributed by atoms with E-state index in [0.717, 1.165) is 19.4 Å². The van der Waals surface area contributed by atoms with Crippen LogP contribution in [0.4, 0.5) is 0 Å². The van der Waals surface area contributed by atoms with Gasteiger partial charge in [0, 0.05) is 32.3 Å². The number of nitrogens with zero attached hydrogens (tertiary/aromatic N) is 1. The standard InChI is InChI=1S/C12H24N2O3S/c1-2-13-11-3-7-14(8-4-11)18(15,16)12-5-9-17-10-6-12/h11-13H,2-10H2,1H3. The summed E-state index contributed by atoms with van der Waals surface area (Å²) < 4.78 is 31.8. The van der Waals surface area contributed by atoms with Gasteiger partial charge in [-0.3, -0.25) is 0 Å². The Morgan fingerprint density at radius 3 is 2.33 bits per heavy atom. The van der Waals surface area contributed by atoms with Crippen molar-refractivity contribution >= 4 is 10.0 Å². The number of hydrogen-bond donors (Lipinski definition) is 1. The number of ether oxygens (including phenoxy) is 1. The molecule has 1 N–H and O–H groups in total. The van der Waals surface area contributed by atoms with E-state index in [1.807, 2.05) is 0 Å². The highest BCUT2D eigenvalue weighted by Gasteiger charge is 2.35. The second kappa shape index (κ2) is 6.32. The average Bonchev–Trinajstić information content (AvgIpc) is 2.41. The van der Waals surface area contributed by atoms with Crippen molar-refractivity contribution in [1.82, 2.24) is 9.62 Å². The average molecular weight is 276 g/mol. The largest absolute Gasteiger partial charge is 0.381 e. The molecule has 106 valence electrons. The van der Waals surface area contributed by atoms with Crippen LogP contribution in [0.15, 0.2) is 0 Å². The molecule has 0 unspecified atom stereocenters. The van der Waals surface area contributed by atoms with Gasteiger partial charge in [0.1, 0.15) is 0 Å². The quantitative estimate of drug-likeness (QED) is 0.815. The van der Waals surface area contributed by atoms with Gasteiger partial charge in [-0.25, -0.2) is 12.7 Å². The second-order valence-corrected chi connectivity index (χ2v) is 7.30. The first kappa shape index (κ1) is 14.2. The Morgan fingerprint density at radius 1 is 1.17 bits per heavy atom. The van der Waals surface area contributed by atoms with Crippen LogP contribution in [0.3, 0.4) is 0 Å². The normalized spacial score (nSPS) is 25.4. The van der Waals surface area contributed by atoms with E-state index in [2.05, 4.69) is 12.2 Å². The van der Waals surface area contributed by atoms with E-state index in [0.29, 0.717) is 45.2 Å². The molecule has 2 rings (SSSR count). The number of hydrogen-bond acceptors (Lipinski definition) is 4. The lowest BCUT2D eigenvalue weighted by Gasteiger charge is -2.35. The Hall–Kier alpha value is -0.170. The van der Waals surface area contributed by atoms with Gasteiger partial charge in [0.05, 0.1) is 5.25 Å². The minimum absolute atomic E-state index is 0.220. The first-order valence-electron chi connectivity index (χ1n) is 6.94. The van der Waals surface area contributed by atoms with E-state index in [1.165, 1.54) is 0 Å². The van der Waals surface area contributed by atoms with Gasteiger partial charge in [-0.2, -0.15) is 0 Å². The molecule has 0 spiro atoms. The number of piperidine rings is 1. The Labute approximate surface area is 110 Å².